The summed E-state index contributed by atoms with van der Waals surface area (Å²) in [5.41, 5.74) is 0.987. The Hall–Kier alpha value is -1.91. The Kier molecular flexibility index (Phi) is 3.14. The molecule has 0 fully saturated rings. The lowest BCUT2D eigenvalue weighted by atomic mass is 10.3. The van der Waals surface area contributed by atoms with Gasteiger partial charge in [-0.15, -0.1) is 10.2 Å². The molecule has 5 heteroatoms. The molecule has 84 valence electrons. The van der Waals surface area contributed by atoms with Crippen LogP contribution in [0, 0.1) is 0 Å². The van der Waals surface area contributed by atoms with Gasteiger partial charge >= 0.3 is 0 Å². The van der Waals surface area contributed by atoms with Gasteiger partial charge in [0.15, 0.2) is 5.82 Å². The fourth-order valence-electron chi connectivity index (χ4n) is 1.60. The van der Waals surface area contributed by atoms with Crippen LogP contribution in [0.25, 0.3) is 11.4 Å². The van der Waals surface area contributed by atoms with E-state index >= 15 is 0 Å². The minimum Gasteiger partial charge on any atom is -0.355 e. The summed E-state index contributed by atoms with van der Waals surface area (Å²) in [6.45, 7) is 5.78. The molecule has 0 aromatic carbocycles. The van der Waals surface area contributed by atoms with Gasteiger partial charge in [0.05, 0.1) is 0 Å². The van der Waals surface area contributed by atoms with Crippen molar-refractivity contribution in [3.63, 3.8) is 0 Å². The van der Waals surface area contributed by atoms with Gasteiger partial charge in [-0.05, 0) is 26.0 Å². The van der Waals surface area contributed by atoms with E-state index in [1.165, 1.54) is 0 Å². The highest BCUT2D eigenvalue weighted by atomic mass is 15.3. The summed E-state index contributed by atoms with van der Waals surface area (Å²) in [6.07, 6.45) is 3.55. The fraction of sp³-hybridized carbons (Fsp3) is 0.364. The number of aromatic nitrogens is 4. The largest absolute Gasteiger partial charge is 0.355 e. The van der Waals surface area contributed by atoms with E-state index < -0.39 is 0 Å². The van der Waals surface area contributed by atoms with E-state index in [1.807, 2.05) is 23.6 Å². The first-order valence-electron chi connectivity index (χ1n) is 5.44. The Bertz CT molecular complexity index is 449. The number of hydrogen-bond donors (Lipinski definition) is 1. The van der Waals surface area contributed by atoms with Gasteiger partial charge in [-0.25, -0.2) is 0 Å². The maximum absolute atomic E-state index is 4.19. The summed E-state index contributed by atoms with van der Waals surface area (Å²) in [5, 5.41) is 11.5. The molecule has 0 spiro atoms. The molecule has 0 amide bonds. The number of hydrogen-bond acceptors (Lipinski definition) is 4. The van der Waals surface area contributed by atoms with Crippen molar-refractivity contribution < 1.29 is 0 Å². The molecule has 16 heavy (non-hydrogen) atoms. The molecular weight excluding hydrogens is 202 g/mol. The lowest BCUT2D eigenvalue weighted by molar-refractivity contribution is 0.770. The molecule has 0 saturated carbocycles. The highest BCUT2D eigenvalue weighted by molar-refractivity contribution is 5.55. The van der Waals surface area contributed by atoms with Crippen molar-refractivity contribution in [1.29, 1.82) is 0 Å². The molecular formula is C11H15N5. The molecule has 5 nitrogen and oxygen atoms in total. The highest BCUT2D eigenvalue weighted by Gasteiger charge is 2.11. The predicted octanol–water partition coefficient (Wildman–Crippen LogP) is 1.79. The van der Waals surface area contributed by atoms with Gasteiger partial charge in [-0.1, -0.05) is 0 Å². The number of anilines is 1. The minimum atomic E-state index is 0.809. The first-order chi connectivity index (χ1) is 7.86. The topological polar surface area (TPSA) is 55.6 Å². The molecule has 2 rings (SSSR count). The average Bonchev–Trinajstić information content (AvgIpc) is 2.73. The summed E-state index contributed by atoms with van der Waals surface area (Å²) >= 11 is 0. The van der Waals surface area contributed by atoms with Gasteiger partial charge in [-0.3, -0.25) is 9.55 Å². The maximum atomic E-state index is 4.19. The van der Waals surface area contributed by atoms with Crippen LogP contribution in [0.1, 0.15) is 13.8 Å². The molecule has 0 radical (unpaired) electrons. The SMILES string of the molecule is CCNc1nnc(-c2cccnc2)n1CC. The zero-order valence-electron chi connectivity index (χ0n) is 9.51. The molecule has 1 N–H and O–H groups in total. The predicted molar refractivity (Wildman–Crippen MR) is 63.1 cm³/mol. The second-order valence-corrected chi connectivity index (χ2v) is 3.36. The number of rotatable bonds is 4. The van der Waals surface area contributed by atoms with E-state index in [4.69, 9.17) is 0 Å². The summed E-state index contributed by atoms with van der Waals surface area (Å²) in [7, 11) is 0. The number of nitrogens with one attached hydrogen (secondary N) is 1. The summed E-state index contributed by atoms with van der Waals surface area (Å²) in [6, 6.07) is 3.88. The van der Waals surface area contributed by atoms with E-state index in [-0.39, 0.29) is 0 Å². The second-order valence-electron chi connectivity index (χ2n) is 3.36. The first kappa shape index (κ1) is 10.6. The zero-order valence-corrected chi connectivity index (χ0v) is 9.51. The Morgan fingerprint density at radius 3 is 2.81 bits per heavy atom. The van der Waals surface area contributed by atoms with E-state index in [2.05, 4.69) is 27.4 Å². The van der Waals surface area contributed by atoms with Crippen LogP contribution in [0.2, 0.25) is 0 Å². The van der Waals surface area contributed by atoms with Gasteiger partial charge in [-0.2, -0.15) is 0 Å². The van der Waals surface area contributed by atoms with E-state index in [0.29, 0.717) is 0 Å². The van der Waals surface area contributed by atoms with Crippen LogP contribution >= 0.6 is 0 Å². The molecule has 0 aliphatic heterocycles. The van der Waals surface area contributed by atoms with Crippen LogP contribution < -0.4 is 5.32 Å². The lowest BCUT2D eigenvalue weighted by Crippen LogP contribution is -2.06. The lowest BCUT2D eigenvalue weighted by Gasteiger charge is -2.07. The zero-order chi connectivity index (χ0) is 11.4. The third-order valence-corrected chi connectivity index (χ3v) is 2.32. The summed E-state index contributed by atoms with van der Waals surface area (Å²) < 4.78 is 2.04. The highest BCUT2D eigenvalue weighted by Crippen LogP contribution is 2.18. The van der Waals surface area contributed by atoms with Crippen LogP contribution in [-0.4, -0.2) is 26.3 Å². The number of pyridine rings is 1. The molecule has 0 bridgehead atoms. The second kappa shape index (κ2) is 4.74. The Labute approximate surface area is 94.5 Å². The minimum absolute atomic E-state index is 0.809. The van der Waals surface area contributed by atoms with E-state index in [0.717, 1.165) is 30.4 Å². The van der Waals surface area contributed by atoms with Crippen LogP contribution in [0.4, 0.5) is 5.95 Å². The Balaban J connectivity index is 2.42. The monoisotopic (exact) mass is 217 g/mol. The van der Waals surface area contributed by atoms with Gasteiger partial charge in [0, 0.05) is 31.0 Å². The van der Waals surface area contributed by atoms with Crippen molar-refractivity contribution in [3.05, 3.63) is 24.5 Å². The van der Waals surface area contributed by atoms with Crippen molar-refractivity contribution in [2.24, 2.45) is 0 Å². The molecule has 0 aliphatic rings. The molecule has 0 saturated heterocycles. The van der Waals surface area contributed by atoms with Crippen LogP contribution in [0.3, 0.4) is 0 Å². The van der Waals surface area contributed by atoms with Crippen molar-refractivity contribution in [2.45, 2.75) is 20.4 Å². The van der Waals surface area contributed by atoms with E-state index in [9.17, 15) is 0 Å². The van der Waals surface area contributed by atoms with Crippen LogP contribution in [-0.2, 0) is 6.54 Å². The molecule has 0 aliphatic carbocycles. The Morgan fingerprint density at radius 2 is 2.19 bits per heavy atom. The van der Waals surface area contributed by atoms with Crippen molar-refractivity contribution in [1.82, 2.24) is 19.7 Å². The first-order valence-corrected chi connectivity index (χ1v) is 5.44. The van der Waals surface area contributed by atoms with Crippen LogP contribution in [0.5, 0.6) is 0 Å². The molecule has 2 aromatic heterocycles. The summed E-state index contributed by atoms with van der Waals surface area (Å²) in [4.78, 5) is 4.09. The number of nitrogens with zero attached hydrogens (tertiary/aromatic N) is 4. The molecule has 0 atom stereocenters. The maximum Gasteiger partial charge on any atom is 0.224 e. The molecule has 2 heterocycles. The average molecular weight is 217 g/mol. The van der Waals surface area contributed by atoms with Gasteiger partial charge in [0.25, 0.3) is 0 Å². The van der Waals surface area contributed by atoms with Gasteiger partial charge in [0.2, 0.25) is 5.95 Å². The standard InChI is InChI=1S/C11H15N5/c1-3-13-11-15-14-10(16(11)4-2)9-6-5-7-12-8-9/h5-8H,3-4H2,1-2H3,(H,13,15). The smallest absolute Gasteiger partial charge is 0.224 e. The van der Waals surface area contributed by atoms with Crippen molar-refractivity contribution in [2.75, 3.05) is 11.9 Å². The third kappa shape index (κ3) is 1.88. The molecule has 2 aromatic rings. The van der Waals surface area contributed by atoms with Gasteiger partial charge < -0.3 is 5.32 Å². The normalized spacial score (nSPS) is 10.4. The van der Waals surface area contributed by atoms with Crippen LogP contribution in [0.15, 0.2) is 24.5 Å². The quantitative estimate of drug-likeness (QED) is 0.848. The Morgan fingerprint density at radius 1 is 1.31 bits per heavy atom. The van der Waals surface area contributed by atoms with E-state index in [1.54, 1.807) is 12.4 Å². The third-order valence-electron chi connectivity index (χ3n) is 2.32. The summed E-state index contributed by atoms with van der Waals surface area (Å²) in [5.74, 6) is 1.66. The van der Waals surface area contributed by atoms with Gasteiger partial charge in [0.1, 0.15) is 0 Å². The fourth-order valence-corrected chi connectivity index (χ4v) is 1.60. The molecule has 0 unspecified atom stereocenters. The van der Waals surface area contributed by atoms with Crippen molar-refractivity contribution in [3.8, 4) is 11.4 Å². The van der Waals surface area contributed by atoms with Crippen molar-refractivity contribution >= 4 is 5.95 Å².